The molecule has 0 aliphatic heterocycles. The quantitative estimate of drug-likeness (QED) is 0.611. The molecule has 1 heterocycles. The maximum atomic E-state index is 3.63. The number of H-pyrrole nitrogens is 1. The van der Waals surface area contributed by atoms with Crippen LogP contribution >= 0.6 is 0 Å². The summed E-state index contributed by atoms with van der Waals surface area (Å²) in [5.74, 6) is 3.42. The molecule has 1 aromatic carbocycles. The third-order valence-electron chi connectivity index (χ3n) is 4.06. The van der Waals surface area contributed by atoms with Crippen LogP contribution < -0.4 is 0 Å². The van der Waals surface area contributed by atoms with E-state index in [1.165, 1.54) is 29.0 Å². The Morgan fingerprint density at radius 1 is 1.06 bits per heavy atom. The van der Waals surface area contributed by atoms with Crippen LogP contribution in [0.25, 0.3) is 10.9 Å². The summed E-state index contributed by atoms with van der Waals surface area (Å²) in [6, 6.07) is 12.3. The zero-order valence-corrected chi connectivity index (χ0v) is 12.5. The third-order valence-corrected chi connectivity index (χ3v) is 8.77. The lowest BCUT2D eigenvalue weighted by Gasteiger charge is -2.19. The highest BCUT2D eigenvalue weighted by Gasteiger charge is 2.24. The van der Waals surface area contributed by atoms with Crippen LogP contribution in [0, 0.1) is 11.5 Å². The summed E-state index contributed by atoms with van der Waals surface area (Å²) < 4.78 is 0. The maximum Gasteiger partial charge on any atom is 0.138 e. The molecule has 0 radical (unpaired) electrons. The van der Waals surface area contributed by atoms with E-state index < -0.39 is 8.07 Å². The molecule has 94 valence electrons. The second kappa shape index (κ2) is 5.45. The van der Waals surface area contributed by atoms with Gasteiger partial charge in [0.2, 0.25) is 0 Å². The van der Waals surface area contributed by atoms with Gasteiger partial charge in [-0.3, -0.25) is 0 Å². The van der Waals surface area contributed by atoms with Crippen LogP contribution in [0.3, 0.4) is 0 Å². The first kappa shape index (κ1) is 13.0. The molecule has 0 saturated heterocycles. The molecule has 0 saturated carbocycles. The van der Waals surface area contributed by atoms with E-state index in [0.29, 0.717) is 0 Å². The van der Waals surface area contributed by atoms with Gasteiger partial charge in [-0.15, -0.1) is 5.54 Å². The van der Waals surface area contributed by atoms with Gasteiger partial charge in [0.15, 0.2) is 0 Å². The Kier molecular flexibility index (Phi) is 3.93. The minimum absolute atomic E-state index is 1.15. The van der Waals surface area contributed by atoms with E-state index in [-0.39, 0.29) is 0 Å². The topological polar surface area (TPSA) is 15.8 Å². The highest BCUT2D eigenvalue weighted by atomic mass is 28.3. The Morgan fingerprint density at radius 3 is 2.44 bits per heavy atom. The Bertz CT molecular complexity index is 573. The van der Waals surface area contributed by atoms with Gasteiger partial charge < -0.3 is 4.98 Å². The van der Waals surface area contributed by atoms with Crippen LogP contribution in [-0.4, -0.2) is 13.1 Å². The normalized spacial score (nSPS) is 11.3. The van der Waals surface area contributed by atoms with Crippen LogP contribution in [0.1, 0.15) is 26.3 Å². The van der Waals surface area contributed by atoms with Gasteiger partial charge >= 0.3 is 0 Å². The summed E-state index contributed by atoms with van der Waals surface area (Å²) in [5, 5.41) is 1.25. The Labute approximate surface area is 111 Å². The predicted molar refractivity (Wildman–Crippen MR) is 82.4 cm³/mol. The monoisotopic (exact) mass is 255 g/mol. The average Bonchev–Trinajstić information content (AvgIpc) is 2.88. The van der Waals surface area contributed by atoms with Crippen molar-refractivity contribution in [1.29, 1.82) is 0 Å². The van der Waals surface area contributed by atoms with E-state index >= 15 is 0 Å². The molecular formula is C16H21NSi. The van der Waals surface area contributed by atoms with Gasteiger partial charge in [-0.1, -0.05) is 26.7 Å². The van der Waals surface area contributed by atoms with E-state index in [1.54, 1.807) is 0 Å². The van der Waals surface area contributed by atoms with E-state index in [1.807, 2.05) is 6.20 Å². The summed E-state index contributed by atoms with van der Waals surface area (Å²) in [4.78, 5) is 3.21. The number of rotatable bonds is 3. The minimum Gasteiger partial charge on any atom is -0.361 e. The van der Waals surface area contributed by atoms with Crippen molar-refractivity contribution in [1.82, 2.24) is 4.98 Å². The van der Waals surface area contributed by atoms with Gasteiger partial charge in [0, 0.05) is 22.7 Å². The van der Waals surface area contributed by atoms with Crippen molar-refractivity contribution < 1.29 is 0 Å². The van der Waals surface area contributed by atoms with Crippen molar-refractivity contribution in [3.63, 3.8) is 0 Å². The van der Waals surface area contributed by atoms with Crippen LogP contribution in [0.2, 0.25) is 18.1 Å². The number of nitrogens with one attached hydrogen (secondary N) is 1. The Balaban J connectivity index is 2.33. The summed E-state index contributed by atoms with van der Waals surface area (Å²) in [6.45, 7) is 6.88. The molecule has 2 aromatic rings. The molecule has 1 N–H and O–H groups in total. The van der Waals surface area contributed by atoms with Crippen molar-refractivity contribution in [2.45, 2.75) is 38.9 Å². The number of hydrogen-bond acceptors (Lipinski definition) is 0. The molecule has 18 heavy (non-hydrogen) atoms. The van der Waals surface area contributed by atoms with E-state index in [0.717, 1.165) is 5.56 Å². The smallest absolute Gasteiger partial charge is 0.138 e. The highest BCUT2D eigenvalue weighted by Crippen LogP contribution is 2.19. The predicted octanol–water partition coefficient (Wildman–Crippen LogP) is 4.57. The molecule has 0 aliphatic carbocycles. The van der Waals surface area contributed by atoms with Crippen LogP contribution in [-0.2, 0) is 0 Å². The number of fused-ring (bicyclic) bond motifs is 1. The first-order chi connectivity index (χ1) is 8.73. The van der Waals surface area contributed by atoms with Crippen LogP contribution in [0.15, 0.2) is 30.5 Å². The second-order valence-corrected chi connectivity index (χ2v) is 9.80. The van der Waals surface area contributed by atoms with Gasteiger partial charge in [-0.2, -0.15) is 0 Å². The molecule has 0 fully saturated rings. The van der Waals surface area contributed by atoms with Gasteiger partial charge in [-0.25, -0.2) is 0 Å². The summed E-state index contributed by atoms with van der Waals surface area (Å²) in [5.41, 5.74) is 5.97. The Hall–Kier alpha value is -1.46. The zero-order chi connectivity index (χ0) is 13.0. The van der Waals surface area contributed by atoms with E-state index in [4.69, 9.17) is 0 Å². The molecule has 1 nitrogen and oxygen atoms in total. The summed E-state index contributed by atoms with van der Waals surface area (Å²) in [7, 11) is -1.32. The first-order valence-electron chi connectivity index (χ1n) is 6.83. The van der Waals surface area contributed by atoms with Crippen LogP contribution in [0.4, 0.5) is 0 Å². The highest BCUT2D eigenvalue weighted by molar-refractivity contribution is 6.87. The lowest BCUT2D eigenvalue weighted by atomic mass is 10.2. The lowest BCUT2D eigenvalue weighted by molar-refractivity contribution is 1.20. The molecule has 0 atom stereocenters. The number of benzene rings is 1. The molecule has 0 spiro atoms. The molecule has 0 aliphatic rings. The van der Waals surface area contributed by atoms with E-state index in [9.17, 15) is 0 Å². The van der Waals surface area contributed by atoms with Gasteiger partial charge in [0.05, 0.1) is 0 Å². The average molecular weight is 255 g/mol. The molecule has 0 unspecified atom stereocenters. The van der Waals surface area contributed by atoms with Crippen molar-refractivity contribution in [3.05, 3.63) is 36.0 Å². The van der Waals surface area contributed by atoms with Gasteiger partial charge in [0.25, 0.3) is 0 Å². The molecular weight excluding hydrogens is 234 g/mol. The maximum absolute atomic E-state index is 3.63. The fraction of sp³-hybridized carbons (Fsp3) is 0.375. The fourth-order valence-electron chi connectivity index (χ4n) is 2.35. The molecule has 0 bridgehead atoms. The molecule has 1 aromatic heterocycles. The molecule has 2 heteroatoms. The number of hydrogen-bond donors (Lipinski definition) is 1. The largest absolute Gasteiger partial charge is 0.361 e. The first-order valence-corrected chi connectivity index (χ1v) is 9.45. The van der Waals surface area contributed by atoms with E-state index in [2.05, 4.69) is 61.5 Å². The molecule has 0 amide bonds. The van der Waals surface area contributed by atoms with Crippen molar-refractivity contribution >= 4 is 19.0 Å². The lowest BCUT2D eigenvalue weighted by Crippen LogP contribution is -2.29. The van der Waals surface area contributed by atoms with Crippen molar-refractivity contribution in [2.75, 3.05) is 0 Å². The standard InChI is InChI=1S/C16H21NSi/c1-4-18(5-2,6-3)12-10-14-7-8-16-15(13-14)9-11-17-16/h7-9,11,13,17H,4-6H2,1-3H3. The van der Waals surface area contributed by atoms with Crippen LogP contribution in [0.5, 0.6) is 0 Å². The summed E-state index contributed by atoms with van der Waals surface area (Å²) in [6.07, 6.45) is 1.98. The SMILES string of the molecule is CC[Si](C#Cc1ccc2[nH]ccc2c1)(CC)CC. The van der Waals surface area contributed by atoms with Gasteiger partial charge in [0.1, 0.15) is 8.07 Å². The van der Waals surface area contributed by atoms with Crippen molar-refractivity contribution in [2.24, 2.45) is 0 Å². The minimum atomic E-state index is -1.32. The number of aromatic amines is 1. The Morgan fingerprint density at radius 2 is 1.78 bits per heavy atom. The fourth-order valence-corrected chi connectivity index (χ4v) is 4.79. The number of aromatic nitrogens is 1. The summed E-state index contributed by atoms with van der Waals surface area (Å²) >= 11 is 0. The molecule has 2 rings (SSSR count). The second-order valence-electron chi connectivity index (χ2n) is 4.87. The third kappa shape index (κ3) is 2.52. The van der Waals surface area contributed by atoms with Gasteiger partial charge in [-0.05, 0) is 42.4 Å². The zero-order valence-electron chi connectivity index (χ0n) is 11.5. The van der Waals surface area contributed by atoms with Crippen molar-refractivity contribution in [3.8, 4) is 11.5 Å².